The Labute approximate surface area is 111 Å². The van der Waals surface area contributed by atoms with Gasteiger partial charge in [-0.15, -0.1) is 0 Å². The van der Waals surface area contributed by atoms with Crippen LogP contribution in [0.25, 0.3) is 0 Å². The summed E-state index contributed by atoms with van der Waals surface area (Å²) in [6.45, 7) is 5.95. The molecule has 0 aromatic heterocycles. The van der Waals surface area contributed by atoms with E-state index in [0.717, 1.165) is 24.7 Å². The first-order valence-corrected chi connectivity index (χ1v) is 7.64. The Balaban J connectivity index is 1.93. The van der Waals surface area contributed by atoms with E-state index in [4.69, 9.17) is 0 Å². The summed E-state index contributed by atoms with van der Waals surface area (Å²) in [6.07, 6.45) is 8.29. The van der Waals surface area contributed by atoms with Crippen molar-refractivity contribution in [3.05, 3.63) is 0 Å². The van der Waals surface area contributed by atoms with Crippen LogP contribution in [0.4, 0.5) is 0 Å². The minimum absolute atomic E-state index is 0.131. The van der Waals surface area contributed by atoms with Gasteiger partial charge in [0, 0.05) is 0 Å². The smallest absolute Gasteiger partial charge is 0.0648 e. The Morgan fingerprint density at radius 1 is 1.17 bits per heavy atom. The summed E-state index contributed by atoms with van der Waals surface area (Å²) >= 11 is 0. The molecular formula is C16H28O2. The van der Waals surface area contributed by atoms with Crippen LogP contribution in [0.15, 0.2) is 0 Å². The lowest BCUT2D eigenvalue weighted by Gasteiger charge is -2.65. The molecule has 0 heterocycles. The van der Waals surface area contributed by atoms with Gasteiger partial charge in [-0.05, 0) is 88.4 Å². The number of hydrogen-bond acceptors (Lipinski definition) is 2. The van der Waals surface area contributed by atoms with Gasteiger partial charge in [0.1, 0.15) is 0 Å². The SMILES string of the molecule is CC(O)CC12CC3CC(C1)CC(C(C)(C)O)(C3)C2. The van der Waals surface area contributed by atoms with Gasteiger partial charge in [-0.25, -0.2) is 0 Å². The summed E-state index contributed by atoms with van der Waals surface area (Å²) in [7, 11) is 0. The van der Waals surface area contributed by atoms with Gasteiger partial charge in [0.2, 0.25) is 0 Å². The predicted octanol–water partition coefficient (Wildman–Crippen LogP) is 3.11. The monoisotopic (exact) mass is 252 g/mol. The molecule has 0 aliphatic heterocycles. The maximum absolute atomic E-state index is 10.7. The first kappa shape index (κ1) is 12.9. The highest BCUT2D eigenvalue weighted by Crippen LogP contribution is 2.69. The fourth-order valence-corrected chi connectivity index (χ4v) is 6.03. The molecule has 0 saturated heterocycles. The molecule has 2 nitrogen and oxygen atoms in total. The zero-order valence-electron chi connectivity index (χ0n) is 12.1. The second kappa shape index (κ2) is 3.73. The van der Waals surface area contributed by atoms with Gasteiger partial charge in [0.15, 0.2) is 0 Å². The van der Waals surface area contributed by atoms with E-state index in [1.165, 1.54) is 32.1 Å². The van der Waals surface area contributed by atoms with Crippen molar-refractivity contribution in [2.75, 3.05) is 0 Å². The molecule has 0 spiro atoms. The highest BCUT2D eigenvalue weighted by molar-refractivity contribution is 5.12. The van der Waals surface area contributed by atoms with Gasteiger partial charge in [-0.1, -0.05) is 0 Å². The third-order valence-electron chi connectivity index (χ3n) is 6.21. The van der Waals surface area contributed by atoms with Crippen molar-refractivity contribution >= 4 is 0 Å². The van der Waals surface area contributed by atoms with Crippen molar-refractivity contribution in [1.29, 1.82) is 0 Å². The number of aliphatic hydroxyl groups excluding tert-OH is 1. The fourth-order valence-electron chi connectivity index (χ4n) is 6.03. The zero-order chi connectivity index (χ0) is 13.2. The van der Waals surface area contributed by atoms with Crippen LogP contribution in [0, 0.1) is 22.7 Å². The van der Waals surface area contributed by atoms with Crippen LogP contribution in [0.3, 0.4) is 0 Å². The molecule has 0 aromatic carbocycles. The Morgan fingerprint density at radius 3 is 2.17 bits per heavy atom. The number of rotatable bonds is 3. The van der Waals surface area contributed by atoms with E-state index >= 15 is 0 Å². The quantitative estimate of drug-likeness (QED) is 0.810. The summed E-state index contributed by atoms with van der Waals surface area (Å²) in [5, 5.41) is 20.5. The Kier molecular flexibility index (Phi) is 2.68. The maximum Gasteiger partial charge on any atom is 0.0648 e. The molecule has 18 heavy (non-hydrogen) atoms. The van der Waals surface area contributed by atoms with Crippen LogP contribution in [-0.4, -0.2) is 21.9 Å². The van der Waals surface area contributed by atoms with Crippen molar-refractivity contribution in [2.24, 2.45) is 22.7 Å². The highest BCUT2D eigenvalue weighted by atomic mass is 16.3. The van der Waals surface area contributed by atoms with Crippen molar-refractivity contribution in [1.82, 2.24) is 0 Å². The highest BCUT2D eigenvalue weighted by Gasteiger charge is 2.61. The van der Waals surface area contributed by atoms with Gasteiger partial charge in [0.25, 0.3) is 0 Å². The summed E-state index contributed by atoms with van der Waals surface area (Å²) in [4.78, 5) is 0. The van der Waals surface area contributed by atoms with E-state index in [1.807, 2.05) is 20.8 Å². The summed E-state index contributed by atoms with van der Waals surface area (Å²) in [5.74, 6) is 1.60. The van der Waals surface area contributed by atoms with Gasteiger partial charge in [0.05, 0.1) is 11.7 Å². The molecule has 4 aliphatic rings. The maximum atomic E-state index is 10.7. The summed E-state index contributed by atoms with van der Waals surface area (Å²) in [5.41, 5.74) is -0.0983. The third-order valence-corrected chi connectivity index (χ3v) is 6.21. The zero-order valence-corrected chi connectivity index (χ0v) is 12.1. The lowest BCUT2D eigenvalue weighted by molar-refractivity contribution is -0.198. The first-order valence-electron chi connectivity index (χ1n) is 7.64. The molecule has 4 rings (SSSR count). The van der Waals surface area contributed by atoms with Crippen LogP contribution >= 0.6 is 0 Å². The van der Waals surface area contributed by atoms with E-state index in [0.29, 0.717) is 5.41 Å². The molecule has 104 valence electrons. The molecule has 0 amide bonds. The molecule has 2 N–H and O–H groups in total. The Morgan fingerprint density at radius 2 is 1.72 bits per heavy atom. The molecule has 4 fully saturated rings. The van der Waals surface area contributed by atoms with Crippen LogP contribution in [0.1, 0.15) is 65.7 Å². The van der Waals surface area contributed by atoms with E-state index in [-0.39, 0.29) is 11.5 Å². The normalized spacial score (nSPS) is 48.5. The molecule has 4 saturated carbocycles. The number of aliphatic hydroxyl groups is 2. The average Bonchev–Trinajstić information content (AvgIpc) is 2.10. The molecule has 3 unspecified atom stereocenters. The van der Waals surface area contributed by atoms with Crippen molar-refractivity contribution in [3.63, 3.8) is 0 Å². The van der Waals surface area contributed by atoms with Crippen molar-refractivity contribution in [2.45, 2.75) is 77.4 Å². The summed E-state index contributed by atoms with van der Waals surface area (Å²) in [6, 6.07) is 0. The number of hydrogen-bond donors (Lipinski definition) is 2. The minimum Gasteiger partial charge on any atom is -0.393 e. The molecule has 0 aromatic rings. The lowest BCUT2D eigenvalue weighted by atomic mass is 9.40. The van der Waals surface area contributed by atoms with Crippen LogP contribution in [0.2, 0.25) is 0 Å². The average molecular weight is 252 g/mol. The van der Waals surface area contributed by atoms with Crippen LogP contribution in [0.5, 0.6) is 0 Å². The van der Waals surface area contributed by atoms with Gasteiger partial charge in [-0.2, -0.15) is 0 Å². The Hall–Kier alpha value is -0.0800. The third kappa shape index (κ3) is 1.84. The van der Waals surface area contributed by atoms with Gasteiger partial charge < -0.3 is 10.2 Å². The Bertz CT molecular complexity index is 320. The molecular weight excluding hydrogens is 224 g/mol. The van der Waals surface area contributed by atoms with Crippen LogP contribution < -0.4 is 0 Å². The predicted molar refractivity (Wildman–Crippen MR) is 72.1 cm³/mol. The second-order valence-electron chi connectivity index (χ2n) is 8.35. The minimum atomic E-state index is -0.561. The van der Waals surface area contributed by atoms with E-state index in [9.17, 15) is 10.2 Å². The molecule has 2 heteroatoms. The fraction of sp³-hybridized carbons (Fsp3) is 1.00. The molecule has 3 atom stereocenters. The molecule has 0 radical (unpaired) electrons. The largest absolute Gasteiger partial charge is 0.393 e. The summed E-state index contributed by atoms with van der Waals surface area (Å²) < 4.78 is 0. The van der Waals surface area contributed by atoms with Crippen molar-refractivity contribution in [3.8, 4) is 0 Å². The van der Waals surface area contributed by atoms with Gasteiger partial charge in [-0.3, -0.25) is 0 Å². The van der Waals surface area contributed by atoms with Crippen molar-refractivity contribution < 1.29 is 10.2 Å². The van der Waals surface area contributed by atoms with E-state index in [1.54, 1.807) is 0 Å². The van der Waals surface area contributed by atoms with E-state index in [2.05, 4.69) is 0 Å². The second-order valence-corrected chi connectivity index (χ2v) is 8.35. The molecule has 4 aliphatic carbocycles. The van der Waals surface area contributed by atoms with Gasteiger partial charge >= 0.3 is 0 Å². The topological polar surface area (TPSA) is 40.5 Å². The van der Waals surface area contributed by atoms with Crippen LogP contribution in [-0.2, 0) is 0 Å². The molecule has 4 bridgehead atoms. The van der Waals surface area contributed by atoms with E-state index < -0.39 is 5.60 Å². The lowest BCUT2D eigenvalue weighted by Crippen LogP contribution is -2.59. The first-order chi connectivity index (χ1) is 8.24. The standard InChI is InChI=1S/C16H28O2/c1-11(17)5-15-6-12-4-13(7-15)9-16(8-12,10-15)14(2,3)18/h11-13,17-18H,4-10H2,1-3H3.